The van der Waals surface area contributed by atoms with Crippen LogP contribution in [0.1, 0.15) is 31.2 Å². The van der Waals surface area contributed by atoms with Crippen molar-refractivity contribution < 1.29 is 9.47 Å². The van der Waals surface area contributed by atoms with Gasteiger partial charge in [0.15, 0.2) is 0 Å². The second-order valence-corrected chi connectivity index (χ2v) is 4.40. The maximum atomic E-state index is 5.96. The lowest BCUT2D eigenvalue weighted by Gasteiger charge is -2.16. The van der Waals surface area contributed by atoms with Gasteiger partial charge in [0.05, 0.1) is 19.1 Å². The number of benzene rings is 1. The molecule has 0 spiro atoms. The third kappa shape index (κ3) is 2.62. The molecule has 0 aromatic heterocycles. The van der Waals surface area contributed by atoms with Crippen LogP contribution in [0.15, 0.2) is 18.2 Å². The molecule has 1 saturated carbocycles. The fourth-order valence-electron chi connectivity index (χ4n) is 2.09. The zero-order chi connectivity index (χ0) is 11.4. The van der Waals surface area contributed by atoms with E-state index in [1.165, 1.54) is 12.8 Å². The van der Waals surface area contributed by atoms with Crippen molar-refractivity contribution in [3.8, 4) is 11.5 Å². The second kappa shape index (κ2) is 5.44. The molecule has 0 radical (unpaired) electrons. The van der Waals surface area contributed by atoms with Gasteiger partial charge < -0.3 is 9.47 Å². The highest BCUT2D eigenvalue weighted by molar-refractivity contribution is 6.17. The van der Waals surface area contributed by atoms with Crippen LogP contribution in [-0.4, -0.2) is 13.2 Å². The van der Waals surface area contributed by atoms with E-state index in [4.69, 9.17) is 21.1 Å². The lowest BCUT2D eigenvalue weighted by Crippen LogP contribution is -2.11. The molecule has 1 aliphatic carbocycles. The summed E-state index contributed by atoms with van der Waals surface area (Å²) < 4.78 is 11.1. The SMILES string of the molecule is COc1ccc(OC2CCCC2)c(CCl)c1. The lowest BCUT2D eigenvalue weighted by atomic mass is 10.2. The van der Waals surface area contributed by atoms with Gasteiger partial charge in [-0.2, -0.15) is 0 Å². The van der Waals surface area contributed by atoms with Crippen LogP contribution in [0.2, 0.25) is 0 Å². The smallest absolute Gasteiger partial charge is 0.124 e. The van der Waals surface area contributed by atoms with Gasteiger partial charge in [-0.25, -0.2) is 0 Å². The van der Waals surface area contributed by atoms with E-state index in [-0.39, 0.29) is 0 Å². The van der Waals surface area contributed by atoms with E-state index in [0.717, 1.165) is 29.9 Å². The third-order valence-corrected chi connectivity index (χ3v) is 3.30. The van der Waals surface area contributed by atoms with Crippen LogP contribution >= 0.6 is 11.6 Å². The normalized spacial score (nSPS) is 16.4. The van der Waals surface area contributed by atoms with Crippen LogP contribution in [0.25, 0.3) is 0 Å². The number of rotatable bonds is 4. The fourth-order valence-corrected chi connectivity index (χ4v) is 2.30. The molecule has 2 rings (SSSR count). The van der Waals surface area contributed by atoms with E-state index in [2.05, 4.69) is 0 Å². The molecule has 16 heavy (non-hydrogen) atoms. The maximum Gasteiger partial charge on any atom is 0.124 e. The zero-order valence-corrected chi connectivity index (χ0v) is 10.3. The number of ether oxygens (including phenoxy) is 2. The highest BCUT2D eigenvalue weighted by atomic mass is 35.5. The fraction of sp³-hybridized carbons (Fsp3) is 0.538. The first kappa shape index (κ1) is 11.6. The van der Waals surface area contributed by atoms with Crippen molar-refractivity contribution in [2.24, 2.45) is 0 Å². The summed E-state index contributed by atoms with van der Waals surface area (Å²) in [5.41, 5.74) is 1.01. The van der Waals surface area contributed by atoms with Gasteiger partial charge in [0.2, 0.25) is 0 Å². The van der Waals surface area contributed by atoms with Crippen molar-refractivity contribution in [2.45, 2.75) is 37.7 Å². The minimum atomic E-state index is 0.371. The van der Waals surface area contributed by atoms with Crippen LogP contribution in [0.5, 0.6) is 11.5 Å². The first-order valence-corrected chi connectivity index (χ1v) is 6.26. The van der Waals surface area contributed by atoms with Crippen LogP contribution in [0.3, 0.4) is 0 Å². The lowest BCUT2D eigenvalue weighted by molar-refractivity contribution is 0.208. The van der Waals surface area contributed by atoms with Crippen molar-refractivity contribution in [2.75, 3.05) is 7.11 Å². The van der Waals surface area contributed by atoms with E-state index < -0.39 is 0 Å². The first-order chi connectivity index (χ1) is 7.83. The van der Waals surface area contributed by atoms with E-state index in [1.807, 2.05) is 18.2 Å². The molecule has 3 heteroatoms. The van der Waals surface area contributed by atoms with Gasteiger partial charge >= 0.3 is 0 Å². The highest BCUT2D eigenvalue weighted by Crippen LogP contribution is 2.30. The number of halogens is 1. The van der Waals surface area contributed by atoms with Crippen molar-refractivity contribution in [1.82, 2.24) is 0 Å². The van der Waals surface area contributed by atoms with Gasteiger partial charge in [-0.1, -0.05) is 0 Å². The number of methoxy groups -OCH3 is 1. The first-order valence-electron chi connectivity index (χ1n) is 5.73. The highest BCUT2D eigenvalue weighted by Gasteiger charge is 2.17. The van der Waals surface area contributed by atoms with Crippen LogP contribution in [0.4, 0.5) is 0 Å². The minimum Gasteiger partial charge on any atom is -0.497 e. The van der Waals surface area contributed by atoms with E-state index in [1.54, 1.807) is 7.11 Å². The zero-order valence-electron chi connectivity index (χ0n) is 9.54. The van der Waals surface area contributed by atoms with E-state index in [0.29, 0.717) is 12.0 Å². The van der Waals surface area contributed by atoms with Crippen LogP contribution < -0.4 is 9.47 Å². The van der Waals surface area contributed by atoms with Crippen LogP contribution in [0, 0.1) is 0 Å². The molecular weight excluding hydrogens is 224 g/mol. The summed E-state index contributed by atoms with van der Waals surface area (Å²) >= 11 is 5.91. The Morgan fingerprint density at radius 2 is 2.06 bits per heavy atom. The number of hydrogen-bond donors (Lipinski definition) is 0. The van der Waals surface area contributed by atoms with Crippen molar-refractivity contribution in [3.05, 3.63) is 23.8 Å². The molecule has 0 bridgehead atoms. The van der Waals surface area contributed by atoms with Crippen LogP contribution in [-0.2, 0) is 5.88 Å². The van der Waals surface area contributed by atoms with Gasteiger partial charge in [0.1, 0.15) is 11.5 Å². The summed E-state index contributed by atoms with van der Waals surface area (Å²) in [6, 6.07) is 5.81. The molecule has 0 unspecified atom stereocenters. The third-order valence-electron chi connectivity index (χ3n) is 3.01. The topological polar surface area (TPSA) is 18.5 Å². The number of hydrogen-bond acceptors (Lipinski definition) is 2. The molecule has 0 aliphatic heterocycles. The van der Waals surface area contributed by atoms with E-state index >= 15 is 0 Å². The van der Waals surface area contributed by atoms with Gasteiger partial charge in [0.25, 0.3) is 0 Å². The number of alkyl halides is 1. The standard InChI is InChI=1S/C13H17ClO2/c1-15-12-6-7-13(10(8-12)9-14)16-11-4-2-3-5-11/h6-8,11H,2-5,9H2,1H3. The van der Waals surface area contributed by atoms with Gasteiger partial charge in [-0.05, 0) is 43.9 Å². The molecule has 0 amide bonds. The molecule has 0 heterocycles. The summed E-state index contributed by atoms with van der Waals surface area (Å²) in [6.45, 7) is 0. The molecule has 1 aromatic rings. The summed E-state index contributed by atoms with van der Waals surface area (Å²) in [7, 11) is 1.66. The van der Waals surface area contributed by atoms with Crippen molar-refractivity contribution in [3.63, 3.8) is 0 Å². The predicted molar refractivity (Wildman–Crippen MR) is 65.4 cm³/mol. The molecular formula is C13H17ClO2. The van der Waals surface area contributed by atoms with Crippen molar-refractivity contribution >= 4 is 11.6 Å². The molecule has 2 nitrogen and oxygen atoms in total. The molecule has 0 N–H and O–H groups in total. The Bertz CT molecular complexity index is 346. The largest absolute Gasteiger partial charge is 0.497 e. The summed E-state index contributed by atoms with van der Waals surface area (Å²) in [6.07, 6.45) is 5.24. The summed E-state index contributed by atoms with van der Waals surface area (Å²) in [5.74, 6) is 2.19. The van der Waals surface area contributed by atoms with Gasteiger partial charge in [-0.15, -0.1) is 11.6 Å². The Morgan fingerprint density at radius 1 is 1.31 bits per heavy atom. The minimum absolute atomic E-state index is 0.371. The molecule has 0 atom stereocenters. The molecule has 88 valence electrons. The maximum absolute atomic E-state index is 5.96. The predicted octanol–water partition coefficient (Wildman–Crippen LogP) is 3.76. The Balaban J connectivity index is 2.12. The molecule has 1 aromatic carbocycles. The van der Waals surface area contributed by atoms with Crippen molar-refractivity contribution in [1.29, 1.82) is 0 Å². The Kier molecular flexibility index (Phi) is 3.94. The molecule has 0 saturated heterocycles. The Hall–Kier alpha value is -0.890. The quantitative estimate of drug-likeness (QED) is 0.747. The Labute approximate surface area is 102 Å². The van der Waals surface area contributed by atoms with Gasteiger partial charge in [-0.3, -0.25) is 0 Å². The molecule has 1 aliphatic rings. The second-order valence-electron chi connectivity index (χ2n) is 4.13. The average molecular weight is 241 g/mol. The monoisotopic (exact) mass is 240 g/mol. The molecule has 1 fully saturated rings. The van der Waals surface area contributed by atoms with Gasteiger partial charge in [0, 0.05) is 5.56 Å². The summed E-state index contributed by atoms with van der Waals surface area (Å²) in [5, 5.41) is 0. The van der Waals surface area contributed by atoms with E-state index in [9.17, 15) is 0 Å². The summed E-state index contributed by atoms with van der Waals surface area (Å²) in [4.78, 5) is 0. The Morgan fingerprint density at radius 3 is 2.69 bits per heavy atom. The average Bonchev–Trinajstić information content (AvgIpc) is 2.82.